The Labute approximate surface area is 112 Å². The Hall–Kier alpha value is -1.72. The molecule has 1 aromatic rings. The third kappa shape index (κ3) is 4.15. The average molecular weight is 262 g/mol. The molecule has 1 aliphatic heterocycles. The third-order valence-electron chi connectivity index (χ3n) is 2.82. The van der Waals surface area contributed by atoms with Gasteiger partial charge in [0.2, 0.25) is 5.91 Å². The molecule has 1 saturated heterocycles. The Morgan fingerprint density at radius 3 is 2.89 bits per heavy atom. The summed E-state index contributed by atoms with van der Waals surface area (Å²) in [6.07, 6.45) is 1.75. The Morgan fingerprint density at radius 1 is 1.47 bits per heavy atom. The first-order valence-electron chi connectivity index (χ1n) is 6.24. The van der Waals surface area contributed by atoms with Crippen LogP contribution in [-0.4, -0.2) is 31.1 Å². The van der Waals surface area contributed by atoms with E-state index in [4.69, 9.17) is 9.47 Å². The van der Waals surface area contributed by atoms with Crippen molar-refractivity contribution in [2.24, 2.45) is 5.10 Å². The minimum Gasteiger partial charge on any atom is -0.347 e. The first-order valence-corrected chi connectivity index (χ1v) is 6.24. The molecule has 5 nitrogen and oxygen atoms in total. The molecular weight excluding hydrogens is 244 g/mol. The SMILES string of the molecule is Cc1cccc(/C=N/NC(=O)CC2(C)OCCO2)c1. The number of aryl methyl sites for hydroxylation is 1. The summed E-state index contributed by atoms with van der Waals surface area (Å²) in [6, 6.07) is 7.86. The maximum Gasteiger partial charge on any atom is 0.245 e. The Kier molecular flexibility index (Phi) is 4.29. The van der Waals surface area contributed by atoms with E-state index >= 15 is 0 Å². The van der Waals surface area contributed by atoms with Crippen molar-refractivity contribution in [3.05, 3.63) is 35.4 Å². The number of ether oxygens (including phenoxy) is 2. The van der Waals surface area contributed by atoms with Crippen LogP contribution in [-0.2, 0) is 14.3 Å². The van der Waals surface area contributed by atoms with Crippen LogP contribution < -0.4 is 5.43 Å². The summed E-state index contributed by atoms with van der Waals surface area (Å²) >= 11 is 0. The number of amides is 1. The lowest BCUT2D eigenvalue weighted by Crippen LogP contribution is -2.33. The zero-order valence-corrected chi connectivity index (χ0v) is 11.2. The van der Waals surface area contributed by atoms with E-state index in [0.717, 1.165) is 11.1 Å². The van der Waals surface area contributed by atoms with E-state index in [1.165, 1.54) is 0 Å². The van der Waals surface area contributed by atoms with E-state index in [1.807, 2.05) is 31.2 Å². The maximum absolute atomic E-state index is 11.7. The quantitative estimate of drug-likeness (QED) is 0.662. The number of hydrogen-bond acceptors (Lipinski definition) is 4. The number of nitrogens with one attached hydrogen (secondary N) is 1. The van der Waals surface area contributed by atoms with Crippen molar-refractivity contribution in [3.8, 4) is 0 Å². The Bertz CT molecular complexity index is 479. The second kappa shape index (κ2) is 5.95. The highest BCUT2D eigenvalue weighted by atomic mass is 16.7. The second-order valence-corrected chi connectivity index (χ2v) is 4.71. The number of rotatable bonds is 4. The van der Waals surface area contributed by atoms with Gasteiger partial charge >= 0.3 is 0 Å². The number of nitrogens with zero attached hydrogens (tertiary/aromatic N) is 1. The van der Waals surface area contributed by atoms with Gasteiger partial charge in [0.1, 0.15) is 0 Å². The van der Waals surface area contributed by atoms with Crippen molar-refractivity contribution in [3.63, 3.8) is 0 Å². The standard InChI is InChI=1S/C14H18N2O3/c1-11-4-3-5-12(8-11)10-15-16-13(17)9-14(2)18-6-7-19-14/h3-5,8,10H,6-7,9H2,1-2H3,(H,16,17)/b15-10+. The molecule has 102 valence electrons. The number of carbonyl (C=O) groups excluding carboxylic acids is 1. The minimum atomic E-state index is -0.817. The number of hydrazone groups is 1. The molecule has 1 fully saturated rings. The van der Waals surface area contributed by atoms with Gasteiger partial charge in [-0.3, -0.25) is 4.79 Å². The summed E-state index contributed by atoms with van der Waals surface area (Å²) < 4.78 is 10.7. The molecule has 0 atom stereocenters. The summed E-state index contributed by atoms with van der Waals surface area (Å²) in [5.41, 5.74) is 4.57. The van der Waals surface area contributed by atoms with Crippen LogP contribution in [0.1, 0.15) is 24.5 Å². The van der Waals surface area contributed by atoms with Gasteiger partial charge in [-0.1, -0.05) is 29.8 Å². The fraction of sp³-hybridized carbons (Fsp3) is 0.429. The van der Waals surface area contributed by atoms with E-state index in [1.54, 1.807) is 13.1 Å². The molecule has 0 saturated carbocycles. The molecule has 19 heavy (non-hydrogen) atoms. The first kappa shape index (κ1) is 13.7. The lowest BCUT2D eigenvalue weighted by molar-refractivity contribution is -0.159. The predicted octanol–water partition coefficient (Wildman–Crippen LogP) is 1.60. The van der Waals surface area contributed by atoms with E-state index < -0.39 is 5.79 Å². The van der Waals surface area contributed by atoms with Crippen LogP contribution in [0.25, 0.3) is 0 Å². The molecule has 0 aromatic heterocycles. The zero-order chi connectivity index (χ0) is 13.7. The normalized spacial score (nSPS) is 17.8. The molecule has 5 heteroatoms. The van der Waals surface area contributed by atoms with Gasteiger partial charge in [-0.2, -0.15) is 5.10 Å². The van der Waals surface area contributed by atoms with Gasteiger partial charge in [-0.15, -0.1) is 0 Å². The summed E-state index contributed by atoms with van der Waals surface area (Å²) in [4.78, 5) is 11.7. The lowest BCUT2D eigenvalue weighted by atomic mass is 10.2. The monoisotopic (exact) mass is 262 g/mol. The third-order valence-corrected chi connectivity index (χ3v) is 2.82. The van der Waals surface area contributed by atoms with Gasteiger partial charge < -0.3 is 9.47 Å². The topological polar surface area (TPSA) is 59.9 Å². The van der Waals surface area contributed by atoms with Crippen LogP contribution in [0.2, 0.25) is 0 Å². The van der Waals surface area contributed by atoms with Crippen LogP contribution in [0, 0.1) is 6.92 Å². The van der Waals surface area contributed by atoms with Gasteiger partial charge in [-0.05, 0) is 19.4 Å². The largest absolute Gasteiger partial charge is 0.347 e. The highest BCUT2D eigenvalue weighted by Gasteiger charge is 2.33. The molecule has 1 N–H and O–H groups in total. The summed E-state index contributed by atoms with van der Waals surface area (Å²) in [7, 11) is 0. The molecule has 1 aromatic carbocycles. The van der Waals surface area contributed by atoms with Crippen molar-refractivity contribution in [2.45, 2.75) is 26.1 Å². The molecule has 2 rings (SSSR count). The van der Waals surface area contributed by atoms with Crippen LogP contribution in [0.3, 0.4) is 0 Å². The fourth-order valence-corrected chi connectivity index (χ4v) is 1.92. The van der Waals surface area contributed by atoms with Crippen molar-refractivity contribution in [1.29, 1.82) is 0 Å². The average Bonchev–Trinajstić information content (AvgIpc) is 2.75. The van der Waals surface area contributed by atoms with Gasteiger partial charge in [0.25, 0.3) is 0 Å². The zero-order valence-electron chi connectivity index (χ0n) is 11.2. The Balaban J connectivity index is 1.83. The van der Waals surface area contributed by atoms with E-state index in [9.17, 15) is 4.79 Å². The summed E-state index contributed by atoms with van der Waals surface area (Å²) in [5, 5.41) is 3.92. The van der Waals surface area contributed by atoms with Crippen LogP contribution in [0.5, 0.6) is 0 Å². The Morgan fingerprint density at radius 2 is 2.21 bits per heavy atom. The molecule has 1 heterocycles. The van der Waals surface area contributed by atoms with Gasteiger partial charge in [0, 0.05) is 0 Å². The van der Waals surface area contributed by atoms with E-state index in [0.29, 0.717) is 13.2 Å². The van der Waals surface area contributed by atoms with Crippen molar-refractivity contribution < 1.29 is 14.3 Å². The molecular formula is C14H18N2O3. The van der Waals surface area contributed by atoms with Crippen molar-refractivity contribution >= 4 is 12.1 Å². The van der Waals surface area contributed by atoms with E-state index in [-0.39, 0.29) is 12.3 Å². The van der Waals surface area contributed by atoms with Crippen LogP contribution in [0.4, 0.5) is 0 Å². The highest BCUT2D eigenvalue weighted by molar-refractivity contribution is 5.82. The van der Waals surface area contributed by atoms with E-state index in [2.05, 4.69) is 10.5 Å². The fourth-order valence-electron chi connectivity index (χ4n) is 1.92. The predicted molar refractivity (Wildman–Crippen MR) is 71.8 cm³/mol. The molecule has 0 spiro atoms. The molecule has 0 aliphatic carbocycles. The number of benzene rings is 1. The van der Waals surface area contributed by atoms with Crippen molar-refractivity contribution in [2.75, 3.05) is 13.2 Å². The summed E-state index contributed by atoms with van der Waals surface area (Å²) in [6.45, 7) is 4.81. The number of hydrogen-bond donors (Lipinski definition) is 1. The van der Waals surface area contributed by atoms with Gasteiger partial charge in [-0.25, -0.2) is 5.43 Å². The molecule has 0 unspecified atom stereocenters. The van der Waals surface area contributed by atoms with Gasteiger partial charge in [0.15, 0.2) is 5.79 Å². The summed E-state index contributed by atoms with van der Waals surface area (Å²) in [5.74, 6) is -1.04. The van der Waals surface area contributed by atoms with Gasteiger partial charge in [0.05, 0.1) is 25.8 Å². The van der Waals surface area contributed by atoms with Crippen LogP contribution in [0.15, 0.2) is 29.4 Å². The van der Waals surface area contributed by atoms with Crippen molar-refractivity contribution in [1.82, 2.24) is 5.43 Å². The number of carbonyl (C=O) groups is 1. The lowest BCUT2D eigenvalue weighted by Gasteiger charge is -2.20. The minimum absolute atomic E-state index is 0.137. The first-order chi connectivity index (χ1) is 9.07. The van der Waals surface area contributed by atoms with Crippen LogP contribution >= 0.6 is 0 Å². The molecule has 0 radical (unpaired) electrons. The molecule has 0 bridgehead atoms. The molecule has 1 aliphatic rings. The maximum atomic E-state index is 11.7. The second-order valence-electron chi connectivity index (χ2n) is 4.71. The smallest absolute Gasteiger partial charge is 0.245 e. The molecule has 1 amide bonds. The highest BCUT2D eigenvalue weighted by Crippen LogP contribution is 2.22.